The third-order valence-electron chi connectivity index (χ3n) is 2.24. The van der Waals surface area contributed by atoms with Gasteiger partial charge < -0.3 is 10.4 Å². The molecule has 0 atom stereocenters. The highest BCUT2D eigenvalue weighted by atomic mass is 32.1. The van der Waals surface area contributed by atoms with Gasteiger partial charge in [0, 0.05) is 6.54 Å². The summed E-state index contributed by atoms with van der Waals surface area (Å²) >= 11 is 1.03. The molecule has 0 saturated carbocycles. The van der Waals surface area contributed by atoms with E-state index in [1.54, 1.807) is 6.92 Å². The lowest BCUT2D eigenvalue weighted by atomic mass is 10.4. The van der Waals surface area contributed by atoms with Gasteiger partial charge in [-0.3, -0.25) is 4.79 Å². The Kier molecular flexibility index (Phi) is 3.80. The summed E-state index contributed by atoms with van der Waals surface area (Å²) < 4.78 is 5.02. The van der Waals surface area contributed by atoms with Crippen LogP contribution in [0.25, 0.3) is 0 Å². The van der Waals surface area contributed by atoms with E-state index in [1.165, 1.54) is 10.9 Å². The lowest BCUT2D eigenvalue weighted by Gasteiger charge is -2.02. The Labute approximate surface area is 111 Å². The average Bonchev–Trinajstić information content (AvgIpc) is 2.97. The van der Waals surface area contributed by atoms with Gasteiger partial charge in [0.25, 0.3) is 5.91 Å². The third kappa shape index (κ3) is 3.10. The van der Waals surface area contributed by atoms with Crippen LogP contribution in [0.4, 0.5) is 0 Å². The molecule has 9 nitrogen and oxygen atoms in total. The standard InChI is InChI=1S/C9H10N6O3S/c1-5-7(19-14-11-5)8(16)10-2-3-15-4-6(9(17)18)12-13-15/h4H,2-3H2,1H3,(H,10,16)(H,17,18). The summed E-state index contributed by atoms with van der Waals surface area (Å²) in [5, 5.41) is 22.2. The molecule has 0 aromatic carbocycles. The number of aryl methyl sites for hydroxylation is 1. The Morgan fingerprint density at radius 1 is 1.47 bits per heavy atom. The van der Waals surface area contributed by atoms with Crippen molar-refractivity contribution in [2.24, 2.45) is 0 Å². The number of carboxylic acid groups (broad SMARTS) is 1. The molecule has 0 unspecified atom stereocenters. The van der Waals surface area contributed by atoms with Gasteiger partial charge in [0.1, 0.15) is 4.88 Å². The fourth-order valence-corrected chi connectivity index (χ4v) is 1.88. The van der Waals surface area contributed by atoms with Crippen molar-refractivity contribution in [3.8, 4) is 0 Å². The largest absolute Gasteiger partial charge is 0.476 e. The Morgan fingerprint density at radius 2 is 2.26 bits per heavy atom. The monoisotopic (exact) mass is 282 g/mol. The van der Waals surface area contributed by atoms with Gasteiger partial charge in [-0.1, -0.05) is 9.70 Å². The SMILES string of the molecule is Cc1nnsc1C(=O)NCCn1cc(C(=O)O)nn1. The van der Waals surface area contributed by atoms with Gasteiger partial charge in [0.05, 0.1) is 18.4 Å². The quantitative estimate of drug-likeness (QED) is 0.762. The number of nitrogens with zero attached hydrogens (tertiary/aromatic N) is 5. The molecule has 0 fully saturated rings. The van der Waals surface area contributed by atoms with Crippen LogP contribution in [0.3, 0.4) is 0 Å². The number of carboxylic acids is 1. The molecule has 10 heteroatoms. The van der Waals surface area contributed by atoms with Crippen LogP contribution in [0.5, 0.6) is 0 Å². The van der Waals surface area contributed by atoms with Crippen molar-refractivity contribution in [3.05, 3.63) is 22.5 Å². The molecule has 0 aliphatic carbocycles. The second-order valence-corrected chi connectivity index (χ2v) is 4.37. The summed E-state index contributed by atoms with van der Waals surface area (Å²) in [7, 11) is 0. The molecular formula is C9H10N6O3S. The smallest absolute Gasteiger partial charge is 0.358 e. The van der Waals surface area contributed by atoms with E-state index >= 15 is 0 Å². The molecule has 0 bridgehead atoms. The molecule has 100 valence electrons. The molecule has 19 heavy (non-hydrogen) atoms. The first-order valence-corrected chi connectivity index (χ1v) is 6.06. The molecular weight excluding hydrogens is 272 g/mol. The van der Waals surface area contributed by atoms with E-state index in [-0.39, 0.29) is 11.6 Å². The topological polar surface area (TPSA) is 123 Å². The zero-order valence-electron chi connectivity index (χ0n) is 9.90. The van der Waals surface area contributed by atoms with Crippen LogP contribution < -0.4 is 5.32 Å². The maximum absolute atomic E-state index is 11.7. The number of carbonyl (C=O) groups is 2. The minimum atomic E-state index is -1.14. The van der Waals surface area contributed by atoms with Gasteiger partial charge in [0.2, 0.25) is 0 Å². The van der Waals surface area contributed by atoms with E-state index in [1.807, 2.05) is 0 Å². The van der Waals surface area contributed by atoms with Crippen LogP contribution in [0.15, 0.2) is 6.20 Å². The van der Waals surface area contributed by atoms with Crippen molar-refractivity contribution in [1.82, 2.24) is 29.9 Å². The van der Waals surface area contributed by atoms with E-state index in [9.17, 15) is 9.59 Å². The van der Waals surface area contributed by atoms with Crippen LogP contribution in [0, 0.1) is 6.92 Å². The summed E-state index contributed by atoms with van der Waals surface area (Å²) in [4.78, 5) is 22.8. The highest BCUT2D eigenvalue weighted by Crippen LogP contribution is 2.07. The molecule has 0 aliphatic rings. The Bertz CT molecular complexity index is 607. The van der Waals surface area contributed by atoms with Crippen molar-refractivity contribution in [2.45, 2.75) is 13.5 Å². The molecule has 0 radical (unpaired) electrons. The number of nitrogens with one attached hydrogen (secondary N) is 1. The summed E-state index contributed by atoms with van der Waals surface area (Å²) in [5.41, 5.74) is 0.449. The van der Waals surface area contributed by atoms with E-state index in [4.69, 9.17) is 5.11 Å². The second kappa shape index (κ2) is 5.52. The summed E-state index contributed by atoms with van der Waals surface area (Å²) in [6, 6.07) is 0. The van der Waals surface area contributed by atoms with Crippen molar-refractivity contribution in [3.63, 3.8) is 0 Å². The first-order chi connectivity index (χ1) is 9.08. The fraction of sp³-hybridized carbons (Fsp3) is 0.333. The minimum absolute atomic E-state index is 0.131. The first kappa shape index (κ1) is 13.1. The zero-order chi connectivity index (χ0) is 13.8. The minimum Gasteiger partial charge on any atom is -0.476 e. The predicted molar refractivity (Wildman–Crippen MR) is 64.0 cm³/mol. The molecule has 0 aliphatic heterocycles. The molecule has 2 aromatic heterocycles. The van der Waals surface area contributed by atoms with Crippen LogP contribution in [-0.4, -0.2) is 48.1 Å². The van der Waals surface area contributed by atoms with E-state index in [2.05, 4.69) is 25.2 Å². The number of carbonyl (C=O) groups excluding carboxylic acids is 1. The maximum Gasteiger partial charge on any atom is 0.358 e. The maximum atomic E-state index is 11.7. The van der Waals surface area contributed by atoms with E-state index in [0.29, 0.717) is 23.7 Å². The highest BCUT2D eigenvalue weighted by molar-refractivity contribution is 7.07. The summed E-state index contributed by atoms with van der Waals surface area (Å²) in [5.74, 6) is -1.40. The predicted octanol–water partition coefficient (Wildman–Crippen LogP) is -0.434. The number of hydrogen-bond donors (Lipinski definition) is 2. The number of aromatic nitrogens is 5. The van der Waals surface area contributed by atoms with E-state index < -0.39 is 5.97 Å². The van der Waals surface area contributed by atoms with Crippen molar-refractivity contribution >= 4 is 23.4 Å². The molecule has 2 aromatic rings. The molecule has 1 amide bonds. The fourth-order valence-electron chi connectivity index (χ4n) is 1.31. The number of aromatic carboxylic acids is 1. The summed E-state index contributed by atoms with van der Waals surface area (Å²) in [6.45, 7) is 2.34. The zero-order valence-corrected chi connectivity index (χ0v) is 10.7. The first-order valence-electron chi connectivity index (χ1n) is 5.28. The second-order valence-electron chi connectivity index (χ2n) is 3.62. The molecule has 2 heterocycles. The van der Waals surface area contributed by atoms with Gasteiger partial charge >= 0.3 is 5.97 Å². The normalized spacial score (nSPS) is 10.4. The number of hydrogen-bond acceptors (Lipinski definition) is 7. The van der Waals surface area contributed by atoms with Gasteiger partial charge in [-0.25, -0.2) is 9.48 Å². The van der Waals surface area contributed by atoms with Crippen LogP contribution >= 0.6 is 11.5 Å². The van der Waals surface area contributed by atoms with Crippen molar-refractivity contribution in [1.29, 1.82) is 0 Å². The van der Waals surface area contributed by atoms with Gasteiger partial charge in [0.15, 0.2) is 5.69 Å². The van der Waals surface area contributed by atoms with Crippen molar-refractivity contribution < 1.29 is 14.7 Å². The van der Waals surface area contributed by atoms with Crippen LogP contribution in [0.2, 0.25) is 0 Å². The van der Waals surface area contributed by atoms with Crippen LogP contribution in [-0.2, 0) is 6.54 Å². The Morgan fingerprint density at radius 3 is 2.84 bits per heavy atom. The van der Waals surface area contributed by atoms with E-state index in [0.717, 1.165) is 11.5 Å². The number of rotatable bonds is 5. The molecule has 2 N–H and O–H groups in total. The van der Waals surface area contributed by atoms with Crippen LogP contribution in [0.1, 0.15) is 25.9 Å². The van der Waals surface area contributed by atoms with Gasteiger partial charge in [-0.15, -0.1) is 10.2 Å². The Hall–Kier alpha value is -2.36. The van der Waals surface area contributed by atoms with Gasteiger partial charge in [-0.05, 0) is 18.5 Å². The molecule has 0 saturated heterocycles. The molecule has 2 rings (SSSR count). The average molecular weight is 282 g/mol. The number of amides is 1. The third-order valence-corrected chi connectivity index (χ3v) is 3.07. The lowest BCUT2D eigenvalue weighted by molar-refractivity contribution is 0.0690. The highest BCUT2D eigenvalue weighted by Gasteiger charge is 2.12. The van der Waals surface area contributed by atoms with Crippen molar-refractivity contribution in [2.75, 3.05) is 6.54 Å². The summed E-state index contributed by atoms with van der Waals surface area (Å²) in [6.07, 6.45) is 1.30. The lowest BCUT2D eigenvalue weighted by Crippen LogP contribution is -2.27. The molecule has 0 spiro atoms. The Balaban J connectivity index is 1.85. The van der Waals surface area contributed by atoms with Gasteiger partial charge in [-0.2, -0.15) is 0 Å².